The molecule has 2 aromatic rings. The minimum Gasteiger partial charge on any atom is -0.379 e. The maximum absolute atomic E-state index is 5.37. The molecule has 1 saturated heterocycles. The quantitative estimate of drug-likeness (QED) is 0.788. The molecule has 0 atom stereocenters. The molecule has 0 spiro atoms. The van der Waals surface area contributed by atoms with Crippen LogP contribution in [0.4, 0.5) is 17.5 Å². The van der Waals surface area contributed by atoms with Crippen molar-refractivity contribution in [2.24, 2.45) is 0 Å². The molecule has 24 heavy (non-hydrogen) atoms. The van der Waals surface area contributed by atoms with Crippen LogP contribution in [0.15, 0.2) is 34.8 Å². The first-order chi connectivity index (χ1) is 11.7. The van der Waals surface area contributed by atoms with Gasteiger partial charge in [0.15, 0.2) is 0 Å². The van der Waals surface area contributed by atoms with Crippen molar-refractivity contribution in [2.75, 3.05) is 50.0 Å². The van der Waals surface area contributed by atoms with Gasteiger partial charge >= 0.3 is 0 Å². The molecule has 2 N–H and O–H groups in total. The maximum atomic E-state index is 5.37. The van der Waals surface area contributed by atoms with Crippen LogP contribution in [0.2, 0.25) is 0 Å². The van der Waals surface area contributed by atoms with Gasteiger partial charge in [-0.3, -0.25) is 4.90 Å². The summed E-state index contributed by atoms with van der Waals surface area (Å²) < 4.78 is 6.38. The summed E-state index contributed by atoms with van der Waals surface area (Å²) in [4.78, 5) is 11.4. The van der Waals surface area contributed by atoms with Gasteiger partial charge in [-0.15, -0.1) is 0 Å². The van der Waals surface area contributed by atoms with Crippen molar-refractivity contribution in [3.8, 4) is 0 Å². The van der Waals surface area contributed by atoms with Crippen molar-refractivity contribution in [3.63, 3.8) is 0 Å². The Hall–Kier alpha value is -1.70. The number of nitrogens with zero attached hydrogens (tertiary/aromatic N) is 3. The summed E-state index contributed by atoms with van der Waals surface area (Å²) in [6, 6.07) is 9.91. The van der Waals surface area contributed by atoms with E-state index in [2.05, 4.69) is 41.4 Å². The summed E-state index contributed by atoms with van der Waals surface area (Å²) in [6.45, 7) is 7.47. The van der Waals surface area contributed by atoms with E-state index in [1.54, 1.807) is 0 Å². The van der Waals surface area contributed by atoms with Crippen molar-refractivity contribution in [3.05, 3.63) is 40.5 Å². The highest BCUT2D eigenvalue weighted by Gasteiger charge is 2.09. The molecule has 0 aliphatic carbocycles. The summed E-state index contributed by atoms with van der Waals surface area (Å²) in [5.41, 5.74) is 1.88. The molecule has 1 aliphatic rings. The van der Waals surface area contributed by atoms with Crippen LogP contribution >= 0.6 is 15.9 Å². The molecular formula is C17H22BrN5O. The van der Waals surface area contributed by atoms with Crippen molar-refractivity contribution < 1.29 is 4.74 Å². The molecule has 3 rings (SSSR count). The number of hydrogen-bond donors (Lipinski definition) is 2. The zero-order valence-electron chi connectivity index (χ0n) is 13.8. The van der Waals surface area contributed by atoms with Gasteiger partial charge in [0, 0.05) is 48.1 Å². The van der Waals surface area contributed by atoms with Gasteiger partial charge in [0.2, 0.25) is 5.95 Å². The van der Waals surface area contributed by atoms with Gasteiger partial charge in [-0.1, -0.05) is 22.0 Å². The number of hydrogen-bond acceptors (Lipinski definition) is 6. The van der Waals surface area contributed by atoms with Gasteiger partial charge in [-0.2, -0.15) is 4.98 Å². The molecule has 128 valence electrons. The second-order valence-corrected chi connectivity index (χ2v) is 6.65. The fourth-order valence-electron chi connectivity index (χ4n) is 2.58. The molecule has 1 aliphatic heterocycles. The Labute approximate surface area is 150 Å². The minimum absolute atomic E-state index is 0.599. The lowest BCUT2D eigenvalue weighted by Gasteiger charge is -2.26. The van der Waals surface area contributed by atoms with Gasteiger partial charge < -0.3 is 15.4 Å². The zero-order valence-corrected chi connectivity index (χ0v) is 15.3. The highest BCUT2D eigenvalue weighted by atomic mass is 79.9. The van der Waals surface area contributed by atoms with E-state index >= 15 is 0 Å². The van der Waals surface area contributed by atoms with E-state index in [9.17, 15) is 0 Å². The fraction of sp³-hybridized carbons (Fsp3) is 0.412. The molecule has 2 heterocycles. The van der Waals surface area contributed by atoms with Crippen LogP contribution in [0.25, 0.3) is 0 Å². The van der Waals surface area contributed by atoms with Crippen LogP contribution < -0.4 is 10.6 Å². The van der Waals surface area contributed by atoms with E-state index in [0.717, 1.165) is 61.1 Å². The third-order valence-corrected chi connectivity index (χ3v) is 4.27. The number of anilines is 3. The average Bonchev–Trinajstić information content (AvgIpc) is 2.55. The summed E-state index contributed by atoms with van der Waals surface area (Å²) >= 11 is 3.47. The maximum Gasteiger partial charge on any atom is 0.229 e. The van der Waals surface area contributed by atoms with Crippen molar-refractivity contribution in [2.45, 2.75) is 6.92 Å². The van der Waals surface area contributed by atoms with Crippen LogP contribution in [0, 0.1) is 6.92 Å². The third-order valence-electron chi connectivity index (χ3n) is 3.77. The Morgan fingerprint density at radius 1 is 1.21 bits per heavy atom. The van der Waals surface area contributed by atoms with E-state index in [-0.39, 0.29) is 0 Å². The molecule has 0 unspecified atom stereocenters. The Kier molecular flexibility index (Phi) is 6.01. The standard InChI is InChI=1S/C17H22BrN5O/c1-13-11-16(19-5-6-23-7-9-24-10-8-23)22-17(20-13)21-15-4-2-3-14(18)12-15/h2-4,11-12H,5-10H2,1H3,(H2,19,20,21,22). The van der Waals surface area contributed by atoms with Gasteiger partial charge in [0.1, 0.15) is 5.82 Å². The van der Waals surface area contributed by atoms with Crippen molar-refractivity contribution >= 4 is 33.4 Å². The second kappa shape index (κ2) is 8.41. The largest absolute Gasteiger partial charge is 0.379 e. The summed E-state index contributed by atoms with van der Waals surface area (Å²) in [7, 11) is 0. The SMILES string of the molecule is Cc1cc(NCCN2CCOCC2)nc(Nc2cccc(Br)c2)n1. The molecule has 0 saturated carbocycles. The van der Waals surface area contributed by atoms with E-state index in [1.165, 1.54) is 0 Å². The lowest BCUT2D eigenvalue weighted by Crippen LogP contribution is -2.39. The zero-order chi connectivity index (χ0) is 16.8. The normalized spacial score (nSPS) is 15.2. The van der Waals surface area contributed by atoms with Gasteiger partial charge in [-0.25, -0.2) is 4.98 Å². The summed E-state index contributed by atoms with van der Waals surface area (Å²) in [6.07, 6.45) is 0. The van der Waals surface area contributed by atoms with Crippen LogP contribution in [0.5, 0.6) is 0 Å². The number of rotatable bonds is 6. The first-order valence-electron chi connectivity index (χ1n) is 8.11. The second-order valence-electron chi connectivity index (χ2n) is 5.73. The number of morpholine rings is 1. The minimum atomic E-state index is 0.599. The predicted molar refractivity (Wildman–Crippen MR) is 99.9 cm³/mol. The lowest BCUT2D eigenvalue weighted by atomic mass is 10.3. The Morgan fingerprint density at radius 3 is 2.83 bits per heavy atom. The molecule has 0 radical (unpaired) electrons. The average molecular weight is 392 g/mol. The Balaban J connectivity index is 1.58. The number of aromatic nitrogens is 2. The van der Waals surface area contributed by atoms with Crippen LogP contribution in [0.3, 0.4) is 0 Å². The highest BCUT2D eigenvalue weighted by molar-refractivity contribution is 9.10. The van der Waals surface area contributed by atoms with E-state index < -0.39 is 0 Å². The number of aryl methyl sites for hydroxylation is 1. The van der Waals surface area contributed by atoms with E-state index in [0.29, 0.717) is 5.95 Å². The van der Waals surface area contributed by atoms with Crippen molar-refractivity contribution in [1.82, 2.24) is 14.9 Å². The molecule has 1 aromatic carbocycles. The number of ether oxygens (including phenoxy) is 1. The molecule has 1 fully saturated rings. The summed E-state index contributed by atoms with van der Waals surface area (Å²) in [5, 5.41) is 6.63. The Morgan fingerprint density at radius 2 is 2.04 bits per heavy atom. The molecule has 0 bridgehead atoms. The van der Waals surface area contributed by atoms with Gasteiger partial charge in [-0.05, 0) is 25.1 Å². The monoisotopic (exact) mass is 391 g/mol. The predicted octanol–water partition coefficient (Wildman–Crippen LogP) is 3.04. The number of benzene rings is 1. The Bertz CT molecular complexity index is 676. The van der Waals surface area contributed by atoms with E-state index in [1.807, 2.05) is 37.3 Å². The van der Waals surface area contributed by atoms with Crippen LogP contribution in [0.1, 0.15) is 5.69 Å². The molecule has 0 amide bonds. The van der Waals surface area contributed by atoms with E-state index in [4.69, 9.17) is 4.74 Å². The molecule has 1 aromatic heterocycles. The summed E-state index contributed by atoms with van der Waals surface area (Å²) in [5.74, 6) is 1.44. The molecular weight excluding hydrogens is 370 g/mol. The lowest BCUT2D eigenvalue weighted by molar-refractivity contribution is 0.0398. The van der Waals surface area contributed by atoms with Crippen LogP contribution in [-0.4, -0.2) is 54.3 Å². The molecule has 6 nitrogen and oxygen atoms in total. The number of halogens is 1. The molecule has 7 heteroatoms. The number of nitrogens with one attached hydrogen (secondary N) is 2. The first-order valence-corrected chi connectivity index (χ1v) is 8.90. The highest BCUT2D eigenvalue weighted by Crippen LogP contribution is 2.19. The van der Waals surface area contributed by atoms with Gasteiger partial charge in [0.25, 0.3) is 0 Å². The van der Waals surface area contributed by atoms with Gasteiger partial charge in [0.05, 0.1) is 13.2 Å². The fourth-order valence-corrected chi connectivity index (χ4v) is 2.98. The van der Waals surface area contributed by atoms with Crippen LogP contribution in [-0.2, 0) is 4.74 Å². The van der Waals surface area contributed by atoms with Crippen molar-refractivity contribution in [1.29, 1.82) is 0 Å². The first kappa shape index (κ1) is 17.1. The smallest absolute Gasteiger partial charge is 0.229 e. The third kappa shape index (κ3) is 5.15. The topological polar surface area (TPSA) is 62.3 Å².